The Kier molecular flexibility index (Phi) is 2.58. The molecule has 0 saturated carbocycles. The minimum absolute atomic E-state index is 0.413. The first-order chi connectivity index (χ1) is 6.68. The molecule has 0 aliphatic carbocycles. The number of carbonyl (C=O) groups excluding carboxylic acids is 1. The summed E-state index contributed by atoms with van der Waals surface area (Å²) in [5, 5.41) is 3.68. The second-order valence-electron chi connectivity index (χ2n) is 2.54. The van der Waals surface area contributed by atoms with E-state index >= 15 is 0 Å². The van der Waals surface area contributed by atoms with Crippen LogP contribution in [0.1, 0.15) is 9.67 Å². The number of nitrogens with zero attached hydrogens (tertiary/aromatic N) is 1. The number of amides is 1. The number of rotatable bonds is 2. The number of thiol groups is 1. The molecule has 6 heteroatoms. The van der Waals surface area contributed by atoms with E-state index in [-0.39, 0.29) is 0 Å². The van der Waals surface area contributed by atoms with Gasteiger partial charge in [-0.3, -0.25) is 4.79 Å². The highest BCUT2D eigenvalue weighted by Gasteiger charge is 2.13. The van der Waals surface area contributed by atoms with Gasteiger partial charge in [-0.2, -0.15) is 0 Å². The molecule has 0 unspecified atom stereocenters. The average molecular weight is 242 g/mol. The molecule has 2 N–H and O–H groups in total. The van der Waals surface area contributed by atoms with E-state index in [4.69, 9.17) is 5.73 Å². The van der Waals surface area contributed by atoms with Crippen molar-refractivity contribution in [2.45, 2.75) is 4.34 Å². The van der Waals surface area contributed by atoms with Crippen molar-refractivity contribution in [1.29, 1.82) is 0 Å². The third-order valence-corrected chi connectivity index (χ3v) is 3.65. The molecular weight excluding hydrogens is 236 g/mol. The van der Waals surface area contributed by atoms with Crippen LogP contribution in [0.2, 0.25) is 0 Å². The number of thiazole rings is 1. The molecule has 2 aromatic heterocycles. The van der Waals surface area contributed by atoms with E-state index in [1.165, 1.54) is 22.7 Å². The van der Waals surface area contributed by atoms with Crippen LogP contribution in [0.5, 0.6) is 0 Å². The molecule has 0 spiro atoms. The zero-order valence-corrected chi connectivity index (χ0v) is 9.46. The van der Waals surface area contributed by atoms with Crippen molar-refractivity contribution >= 4 is 41.2 Å². The Balaban J connectivity index is 2.51. The largest absolute Gasteiger partial charge is 0.365 e. The van der Waals surface area contributed by atoms with Crippen LogP contribution in [0.25, 0.3) is 11.3 Å². The Morgan fingerprint density at radius 3 is 2.86 bits per heavy atom. The zero-order chi connectivity index (χ0) is 10.1. The lowest BCUT2D eigenvalue weighted by Gasteiger charge is -1.94. The summed E-state index contributed by atoms with van der Waals surface area (Å²) >= 11 is 6.87. The number of carbonyl (C=O) groups is 1. The summed E-state index contributed by atoms with van der Waals surface area (Å²) in [7, 11) is 0. The Labute approximate surface area is 94.0 Å². The van der Waals surface area contributed by atoms with E-state index in [9.17, 15) is 4.79 Å². The van der Waals surface area contributed by atoms with Crippen LogP contribution in [0.15, 0.2) is 21.2 Å². The van der Waals surface area contributed by atoms with E-state index in [1.54, 1.807) is 0 Å². The molecular formula is C8H6N2OS3. The fraction of sp³-hybridized carbons (Fsp3) is 0. The second-order valence-corrected chi connectivity index (χ2v) is 5.04. The monoisotopic (exact) mass is 242 g/mol. The molecule has 0 bridgehead atoms. The fourth-order valence-electron chi connectivity index (χ4n) is 1.09. The molecule has 0 aliphatic heterocycles. The smallest absolute Gasteiger partial charge is 0.259 e. The highest BCUT2D eigenvalue weighted by Crippen LogP contribution is 2.29. The van der Waals surface area contributed by atoms with Gasteiger partial charge in [0.05, 0.1) is 5.69 Å². The van der Waals surface area contributed by atoms with Gasteiger partial charge in [0.1, 0.15) is 9.22 Å². The molecule has 1 amide bonds. The summed E-state index contributed by atoms with van der Waals surface area (Å²) in [4.78, 5) is 15.8. The van der Waals surface area contributed by atoms with Gasteiger partial charge in [-0.15, -0.1) is 35.3 Å². The lowest BCUT2D eigenvalue weighted by Crippen LogP contribution is -2.09. The highest BCUT2D eigenvalue weighted by atomic mass is 32.2. The standard InChI is InChI=1S/C8H6N2OS3/c9-7(11)6-4(1-2-13-6)5-3-14-8(12)10-5/h1-3H,(H2,9,11)(H,10,12). The topological polar surface area (TPSA) is 56.0 Å². The van der Waals surface area contributed by atoms with Gasteiger partial charge < -0.3 is 5.73 Å². The molecule has 2 aromatic rings. The SMILES string of the molecule is NC(=O)c1sccc1-c1csc(S)n1. The van der Waals surface area contributed by atoms with Gasteiger partial charge in [0, 0.05) is 10.9 Å². The van der Waals surface area contributed by atoms with Crippen molar-refractivity contribution in [3.63, 3.8) is 0 Å². The first kappa shape index (κ1) is 9.70. The number of nitrogens with two attached hydrogens (primary N) is 1. The van der Waals surface area contributed by atoms with Crippen molar-refractivity contribution < 1.29 is 4.79 Å². The summed E-state index contributed by atoms with van der Waals surface area (Å²) in [5.74, 6) is -0.413. The first-order valence-corrected chi connectivity index (χ1v) is 5.91. The van der Waals surface area contributed by atoms with Crippen molar-refractivity contribution in [2.24, 2.45) is 5.73 Å². The molecule has 0 radical (unpaired) electrons. The molecule has 0 fully saturated rings. The third kappa shape index (κ3) is 1.68. The number of aromatic nitrogens is 1. The predicted octanol–water partition coefficient (Wildman–Crippen LogP) is 2.26. The summed E-state index contributed by atoms with van der Waals surface area (Å²) < 4.78 is 0.682. The van der Waals surface area contributed by atoms with Crippen molar-refractivity contribution in [3.8, 4) is 11.3 Å². The first-order valence-electron chi connectivity index (χ1n) is 3.70. The molecule has 0 aliphatic rings. The van der Waals surface area contributed by atoms with E-state index in [0.717, 1.165) is 11.3 Å². The zero-order valence-electron chi connectivity index (χ0n) is 6.93. The molecule has 14 heavy (non-hydrogen) atoms. The Morgan fingerprint density at radius 1 is 1.50 bits per heavy atom. The van der Waals surface area contributed by atoms with Crippen LogP contribution in [0.4, 0.5) is 0 Å². The van der Waals surface area contributed by atoms with Gasteiger partial charge in [-0.1, -0.05) is 0 Å². The quantitative estimate of drug-likeness (QED) is 0.794. The summed E-state index contributed by atoms with van der Waals surface area (Å²) in [5.41, 5.74) is 6.78. The van der Waals surface area contributed by atoms with Gasteiger partial charge >= 0.3 is 0 Å². The van der Waals surface area contributed by atoms with Gasteiger partial charge in [0.15, 0.2) is 0 Å². The van der Waals surface area contributed by atoms with Gasteiger partial charge in [-0.05, 0) is 11.4 Å². The summed E-state index contributed by atoms with van der Waals surface area (Å²) in [6, 6.07) is 1.84. The molecule has 0 atom stereocenters. The van der Waals surface area contributed by atoms with Crippen LogP contribution < -0.4 is 5.73 Å². The molecule has 2 rings (SSSR count). The maximum Gasteiger partial charge on any atom is 0.259 e. The second kappa shape index (κ2) is 3.72. The third-order valence-electron chi connectivity index (χ3n) is 1.66. The van der Waals surface area contributed by atoms with Gasteiger partial charge in [-0.25, -0.2) is 4.98 Å². The van der Waals surface area contributed by atoms with Crippen LogP contribution >= 0.6 is 35.3 Å². The maximum absolute atomic E-state index is 11.1. The average Bonchev–Trinajstić information content (AvgIpc) is 2.70. The molecule has 3 nitrogen and oxygen atoms in total. The van der Waals surface area contributed by atoms with Crippen molar-refractivity contribution in [1.82, 2.24) is 4.98 Å². The van der Waals surface area contributed by atoms with E-state index in [2.05, 4.69) is 17.6 Å². The fourth-order valence-corrected chi connectivity index (χ4v) is 2.66. The summed E-state index contributed by atoms with van der Waals surface area (Å²) in [6.45, 7) is 0. The molecule has 2 heterocycles. The Morgan fingerprint density at radius 2 is 2.29 bits per heavy atom. The molecule has 0 saturated heterocycles. The Hall–Kier alpha value is -0.850. The van der Waals surface area contributed by atoms with Crippen molar-refractivity contribution in [3.05, 3.63) is 21.7 Å². The lowest BCUT2D eigenvalue weighted by atomic mass is 10.2. The van der Waals surface area contributed by atoms with Crippen LogP contribution in [-0.4, -0.2) is 10.9 Å². The van der Waals surface area contributed by atoms with E-state index < -0.39 is 5.91 Å². The minimum atomic E-state index is -0.413. The number of hydrogen-bond donors (Lipinski definition) is 2. The normalized spacial score (nSPS) is 10.4. The predicted molar refractivity (Wildman–Crippen MR) is 61.2 cm³/mol. The molecule has 72 valence electrons. The number of primary amides is 1. The number of hydrogen-bond acceptors (Lipinski definition) is 5. The summed E-state index contributed by atoms with van der Waals surface area (Å²) in [6.07, 6.45) is 0. The highest BCUT2D eigenvalue weighted by molar-refractivity contribution is 7.82. The Bertz CT molecular complexity index is 474. The van der Waals surface area contributed by atoms with Crippen LogP contribution in [-0.2, 0) is 0 Å². The van der Waals surface area contributed by atoms with Gasteiger partial charge in [0.2, 0.25) is 0 Å². The van der Waals surface area contributed by atoms with Crippen LogP contribution in [0, 0.1) is 0 Å². The molecule has 0 aromatic carbocycles. The maximum atomic E-state index is 11.1. The van der Waals surface area contributed by atoms with E-state index in [1.807, 2.05) is 16.8 Å². The minimum Gasteiger partial charge on any atom is -0.365 e. The van der Waals surface area contributed by atoms with Crippen molar-refractivity contribution in [2.75, 3.05) is 0 Å². The van der Waals surface area contributed by atoms with Gasteiger partial charge in [0.25, 0.3) is 5.91 Å². The number of thiophene rings is 1. The lowest BCUT2D eigenvalue weighted by molar-refractivity contribution is 0.100. The van der Waals surface area contributed by atoms with Crippen LogP contribution in [0.3, 0.4) is 0 Å². The van der Waals surface area contributed by atoms with E-state index in [0.29, 0.717) is 9.22 Å².